The monoisotopic (exact) mass is 243 g/mol. The summed E-state index contributed by atoms with van der Waals surface area (Å²) in [4.78, 5) is 6.59. The summed E-state index contributed by atoms with van der Waals surface area (Å²) in [6.07, 6.45) is 0. The zero-order valence-corrected chi connectivity index (χ0v) is 10.8. The molecule has 0 aliphatic heterocycles. The minimum atomic E-state index is -3.54. The molecule has 1 N–H and O–H groups in total. The molecule has 0 aromatic heterocycles. The van der Waals surface area contributed by atoms with Crippen molar-refractivity contribution in [3.8, 4) is 0 Å². The van der Waals surface area contributed by atoms with Crippen molar-refractivity contribution in [1.29, 1.82) is 0 Å². The van der Waals surface area contributed by atoms with Crippen molar-refractivity contribution < 1.29 is 13.3 Å². The lowest BCUT2D eigenvalue weighted by Gasteiger charge is -2.19. The fourth-order valence-corrected chi connectivity index (χ4v) is 2.10. The molecule has 4 nitrogen and oxygen atoms in total. The van der Waals surface area contributed by atoms with E-state index >= 15 is 0 Å². The number of nitrogens with one attached hydrogen (secondary N) is 1. The van der Waals surface area contributed by atoms with E-state index in [1.807, 2.05) is 17.0 Å². The maximum Gasteiger partial charge on any atom is 0.262 e. The van der Waals surface area contributed by atoms with Crippen LogP contribution in [-0.2, 0) is 20.3 Å². The van der Waals surface area contributed by atoms with E-state index in [4.69, 9.17) is 0 Å². The van der Waals surface area contributed by atoms with Gasteiger partial charge in [-0.1, -0.05) is 37.8 Å². The number of hydrogen-bond acceptors (Lipinski definition) is 3. The van der Waals surface area contributed by atoms with E-state index in [-0.39, 0.29) is 10.3 Å². The maximum absolute atomic E-state index is 11.6. The van der Waals surface area contributed by atoms with Gasteiger partial charge in [0.05, 0.1) is 12.0 Å². The van der Waals surface area contributed by atoms with Crippen molar-refractivity contribution in [3.05, 3.63) is 29.8 Å². The van der Waals surface area contributed by atoms with Crippen LogP contribution in [0, 0.1) is 0 Å². The first-order valence-corrected chi connectivity index (χ1v) is 6.41. The summed E-state index contributed by atoms with van der Waals surface area (Å²) in [5, 5.41) is 0. The van der Waals surface area contributed by atoms with E-state index in [2.05, 4.69) is 25.6 Å². The van der Waals surface area contributed by atoms with Crippen LogP contribution in [0.2, 0.25) is 0 Å². The van der Waals surface area contributed by atoms with Crippen LogP contribution in [0.5, 0.6) is 0 Å². The molecule has 5 heteroatoms. The molecule has 1 rings (SSSR count). The van der Waals surface area contributed by atoms with Crippen molar-refractivity contribution in [2.24, 2.45) is 0 Å². The SMILES string of the molecule is CONS(=O)(=O)c1ccc(C(C)(C)C)cc1. The molecule has 1 aromatic rings. The van der Waals surface area contributed by atoms with Gasteiger partial charge in [0.15, 0.2) is 0 Å². The van der Waals surface area contributed by atoms with Gasteiger partial charge in [-0.2, -0.15) is 0 Å². The standard InChI is InChI=1S/C11H17NO3S/c1-11(2,3)9-5-7-10(8-6-9)16(13,14)12-15-4/h5-8,12H,1-4H3. The molecule has 0 heterocycles. The van der Waals surface area contributed by atoms with Crippen LogP contribution in [0.1, 0.15) is 26.3 Å². The van der Waals surface area contributed by atoms with Crippen molar-refractivity contribution in [2.45, 2.75) is 31.1 Å². The highest BCUT2D eigenvalue weighted by atomic mass is 32.2. The van der Waals surface area contributed by atoms with Crippen LogP contribution in [0.25, 0.3) is 0 Å². The number of sulfonamides is 1. The summed E-state index contributed by atoms with van der Waals surface area (Å²) < 4.78 is 23.1. The maximum atomic E-state index is 11.6. The second-order valence-electron chi connectivity index (χ2n) is 4.57. The third-order valence-electron chi connectivity index (χ3n) is 2.22. The van der Waals surface area contributed by atoms with E-state index in [1.54, 1.807) is 12.1 Å². The lowest BCUT2D eigenvalue weighted by atomic mass is 9.87. The summed E-state index contributed by atoms with van der Waals surface area (Å²) in [6.45, 7) is 6.22. The molecule has 0 saturated carbocycles. The highest BCUT2D eigenvalue weighted by molar-refractivity contribution is 7.89. The highest BCUT2D eigenvalue weighted by Crippen LogP contribution is 2.23. The molecule has 0 fully saturated rings. The summed E-state index contributed by atoms with van der Waals surface area (Å²) in [6, 6.07) is 6.76. The Morgan fingerprint density at radius 1 is 1.12 bits per heavy atom. The lowest BCUT2D eigenvalue weighted by Crippen LogP contribution is -2.22. The summed E-state index contributed by atoms with van der Waals surface area (Å²) >= 11 is 0. The Hall–Kier alpha value is -0.910. The Balaban J connectivity index is 3.05. The van der Waals surface area contributed by atoms with Gasteiger partial charge in [-0.05, 0) is 23.1 Å². The normalized spacial score (nSPS) is 12.8. The van der Waals surface area contributed by atoms with Crippen molar-refractivity contribution in [3.63, 3.8) is 0 Å². The zero-order valence-electron chi connectivity index (χ0n) is 9.94. The molecular weight excluding hydrogens is 226 g/mol. The number of rotatable bonds is 3. The van der Waals surface area contributed by atoms with Gasteiger partial charge in [-0.15, -0.1) is 0 Å². The number of benzene rings is 1. The Kier molecular flexibility index (Phi) is 3.72. The van der Waals surface area contributed by atoms with Gasteiger partial charge in [0.25, 0.3) is 10.0 Å². The highest BCUT2D eigenvalue weighted by Gasteiger charge is 2.17. The first-order valence-electron chi connectivity index (χ1n) is 4.93. The predicted octanol–water partition coefficient (Wildman–Crippen LogP) is 1.82. The van der Waals surface area contributed by atoms with E-state index < -0.39 is 10.0 Å². The van der Waals surface area contributed by atoms with Gasteiger partial charge >= 0.3 is 0 Å². The smallest absolute Gasteiger partial charge is 0.262 e. The van der Waals surface area contributed by atoms with Crippen LogP contribution in [0.3, 0.4) is 0 Å². The van der Waals surface area contributed by atoms with Gasteiger partial charge < -0.3 is 0 Å². The first kappa shape index (κ1) is 13.2. The topological polar surface area (TPSA) is 55.4 Å². The Labute approximate surface area is 96.6 Å². The molecule has 0 atom stereocenters. The molecule has 90 valence electrons. The third kappa shape index (κ3) is 3.04. The Bertz CT molecular complexity index is 443. The van der Waals surface area contributed by atoms with Gasteiger partial charge in [0.1, 0.15) is 0 Å². The fourth-order valence-electron chi connectivity index (χ4n) is 1.29. The van der Waals surface area contributed by atoms with Crippen molar-refractivity contribution in [1.82, 2.24) is 4.89 Å². The summed E-state index contributed by atoms with van der Waals surface area (Å²) in [7, 11) is -2.28. The predicted molar refractivity (Wildman–Crippen MR) is 62.5 cm³/mol. The largest absolute Gasteiger partial charge is 0.290 e. The van der Waals surface area contributed by atoms with Crippen LogP contribution < -0.4 is 4.89 Å². The van der Waals surface area contributed by atoms with Crippen LogP contribution in [-0.4, -0.2) is 15.5 Å². The summed E-state index contributed by atoms with van der Waals surface area (Å²) in [5.74, 6) is 0. The molecule has 1 aromatic carbocycles. The van der Waals surface area contributed by atoms with E-state index in [1.165, 1.54) is 7.11 Å². The first-order chi connectivity index (χ1) is 7.27. The summed E-state index contributed by atoms with van der Waals surface area (Å²) in [5.41, 5.74) is 1.10. The second kappa shape index (κ2) is 4.53. The molecule has 0 amide bonds. The second-order valence-corrected chi connectivity index (χ2v) is 6.21. The van der Waals surface area contributed by atoms with Crippen LogP contribution >= 0.6 is 0 Å². The average molecular weight is 243 g/mol. The molecule has 0 unspecified atom stereocenters. The molecular formula is C11H17NO3S. The molecule has 0 aliphatic rings. The van der Waals surface area contributed by atoms with Gasteiger partial charge in [-0.3, -0.25) is 4.84 Å². The molecule has 0 bridgehead atoms. The van der Waals surface area contributed by atoms with E-state index in [9.17, 15) is 8.42 Å². The van der Waals surface area contributed by atoms with Crippen molar-refractivity contribution in [2.75, 3.05) is 7.11 Å². The van der Waals surface area contributed by atoms with Gasteiger partial charge in [-0.25, -0.2) is 8.42 Å². The molecule has 0 aliphatic carbocycles. The minimum absolute atomic E-state index is 0.0109. The Morgan fingerprint density at radius 2 is 1.62 bits per heavy atom. The molecule has 16 heavy (non-hydrogen) atoms. The lowest BCUT2D eigenvalue weighted by molar-refractivity contribution is 0.153. The average Bonchev–Trinajstić information content (AvgIpc) is 2.16. The quantitative estimate of drug-likeness (QED) is 0.824. The van der Waals surface area contributed by atoms with Crippen LogP contribution in [0.4, 0.5) is 0 Å². The minimum Gasteiger partial charge on any atom is -0.290 e. The van der Waals surface area contributed by atoms with Crippen molar-refractivity contribution >= 4 is 10.0 Å². The number of hydrogen-bond donors (Lipinski definition) is 1. The van der Waals surface area contributed by atoms with E-state index in [0.29, 0.717) is 0 Å². The molecule has 0 saturated heterocycles. The van der Waals surface area contributed by atoms with Gasteiger partial charge in [0, 0.05) is 0 Å². The molecule has 0 spiro atoms. The van der Waals surface area contributed by atoms with Gasteiger partial charge in [0.2, 0.25) is 0 Å². The third-order valence-corrected chi connectivity index (χ3v) is 3.50. The fraction of sp³-hybridized carbons (Fsp3) is 0.455. The van der Waals surface area contributed by atoms with Crippen LogP contribution in [0.15, 0.2) is 29.2 Å². The Morgan fingerprint density at radius 3 is 2.00 bits per heavy atom. The van der Waals surface area contributed by atoms with E-state index in [0.717, 1.165) is 5.56 Å². The zero-order chi connectivity index (χ0) is 12.4. The molecule has 0 radical (unpaired) electrons.